The summed E-state index contributed by atoms with van der Waals surface area (Å²) in [5, 5.41) is 11.8. The molecular formula is C14H16N4O2. The fraction of sp³-hybridized carbons (Fsp3) is 0.214. The Morgan fingerprint density at radius 1 is 1.40 bits per heavy atom. The largest absolute Gasteiger partial charge is 0.399 e. The highest BCUT2D eigenvalue weighted by atomic mass is 16.2. The monoisotopic (exact) mass is 272 g/mol. The quantitative estimate of drug-likeness (QED) is 0.487. The molecule has 3 N–H and O–H groups in total. The first-order valence-electron chi connectivity index (χ1n) is 6.05. The number of hydrogen-bond donors (Lipinski definition) is 2. The summed E-state index contributed by atoms with van der Waals surface area (Å²) in [7, 11) is 0. The Kier molecular flexibility index (Phi) is 5.30. The Morgan fingerprint density at radius 3 is 2.45 bits per heavy atom. The average molecular weight is 272 g/mol. The van der Waals surface area contributed by atoms with Gasteiger partial charge in [0.2, 0.25) is 5.91 Å². The van der Waals surface area contributed by atoms with Gasteiger partial charge in [-0.3, -0.25) is 9.59 Å². The smallest absolute Gasteiger partial charge is 0.277 e. The molecule has 0 aliphatic rings. The van der Waals surface area contributed by atoms with Crippen molar-refractivity contribution < 1.29 is 9.59 Å². The number of hydrogen-bond acceptors (Lipinski definition) is 5. The highest BCUT2D eigenvalue weighted by Crippen LogP contribution is 2.18. The molecule has 0 saturated heterocycles. The summed E-state index contributed by atoms with van der Waals surface area (Å²) in [5.74, 6) is -1.15. The van der Waals surface area contributed by atoms with Gasteiger partial charge in [0.15, 0.2) is 0 Å². The Bertz CT molecular complexity index is 570. The second kappa shape index (κ2) is 6.95. The van der Waals surface area contributed by atoms with Crippen molar-refractivity contribution in [2.75, 3.05) is 17.2 Å². The maximum Gasteiger partial charge on any atom is 0.277 e. The number of nitrogens with one attached hydrogen (secondary N) is 1. The van der Waals surface area contributed by atoms with Crippen LogP contribution in [0.5, 0.6) is 0 Å². The number of benzene rings is 1. The van der Waals surface area contributed by atoms with Gasteiger partial charge in [-0.25, -0.2) is 4.90 Å². The molecule has 2 amide bonds. The number of imide groups is 1. The van der Waals surface area contributed by atoms with Crippen LogP contribution in [-0.2, 0) is 9.59 Å². The van der Waals surface area contributed by atoms with Gasteiger partial charge in [-0.15, -0.1) is 0 Å². The average Bonchev–Trinajstić information content (AvgIpc) is 2.41. The van der Waals surface area contributed by atoms with E-state index in [1.807, 2.05) is 6.92 Å². The first kappa shape index (κ1) is 15.2. The molecule has 1 rings (SSSR count). The van der Waals surface area contributed by atoms with Crippen molar-refractivity contribution in [3.63, 3.8) is 0 Å². The van der Waals surface area contributed by atoms with E-state index in [-0.39, 0.29) is 5.57 Å². The van der Waals surface area contributed by atoms with Crippen molar-refractivity contribution in [2.24, 2.45) is 0 Å². The summed E-state index contributed by atoms with van der Waals surface area (Å²) >= 11 is 0. The van der Waals surface area contributed by atoms with Crippen LogP contribution in [0.3, 0.4) is 0 Å². The van der Waals surface area contributed by atoms with Gasteiger partial charge >= 0.3 is 0 Å². The van der Waals surface area contributed by atoms with Crippen LogP contribution in [-0.4, -0.2) is 18.4 Å². The van der Waals surface area contributed by atoms with Crippen LogP contribution < -0.4 is 16.0 Å². The van der Waals surface area contributed by atoms with Crippen molar-refractivity contribution in [1.29, 1.82) is 5.26 Å². The summed E-state index contributed by atoms with van der Waals surface area (Å²) in [5.41, 5.74) is 6.32. The second-order valence-corrected chi connectivity index (χ2v) is 3.98. The van der Waals surface area contributed by atoms with Crippen LogP contribution in [0, 0.1) is 11.3 Å². The Labute approximate surface area is 117 Å². The van der Waals surface area contributed by atoms with Gasteiger partial charge in [-0.2, -0.15) is 5.26 Å². The van der Waals surface area contributed by atoms with Crippen LogP contribution in [0.15, 0.2) is 36.0 Å². The van der Waals surface area contributed by atoms with Crippen LogP contribution in [0.4, 0.5) is 11.4 Å². The molecule has 0 aromatic heterocycles. The minimum atomic E-state index is -0.675. The van der Waals surface area contributed by atoms with Crippen molar-refractivity contribution >= 4 is 23.2 Å². The maximum atomic E-state index is 12.3. The Hall–Kier alpha value is -2.81. The molecule has 0 bridgehead atoms. The van der Waals surface area contributed by atoms with E-state index in [2.05, 4.69) is 5.32 Å². The van der Waals surface area contributed by atoms with E-state index >= 15 is 0 Å². The van der Waals surface area contributed by atoms with Gasteiger partial charge < -0.3 is 11.1 Å². The number of anilines is 2. The third kappa shape index (κ3) is 3.59. The number of rotatable bonds is 4. The van der Waals surface area contributed by atoms with Gasteiger partial charge in [0.1, 0.15) is 11.6 Å². The first-order chi connectivity index (χ1) is 9.51. The number of nitrogen functional groups attached to an aromatic ring is 1. The zero-order chi connectivity index (χ0) is 15.1. The lowest BCUT2D eigenvalue weighted by Crippen LogP contribution is -2.36. The van der Waals surface area contributed by atoms with Gasteiger partial charge in [-0.1, -0.05) is 0 Å². The predicted octanol–water partition coefficient (Wildman–Crippen LogP) is 1.17. The maximum absolute atomic E-state index is 12.3. The lowest BCUT2D eigenvalue weighted by Gasteiger charge is -2.18. The molecule has 0 fully saturated rings. The molecule has 0 spiro atoms. The number of nitrogens with zero attached hydrogens (tertiary/aromatic N) is 2. The topological polar surface area (TPSA) is 99.2 Å². The van der Waals surface area contributed by atoms with Crippen LogP contribution in [0.25, 0.3) is 0 Å². The minimum Gasteiger partial charge on any atom is -0.399 e. The van der Waals surface area contributed by atoms with E-state index in [4.69, 9.17) is 11.0 Å². The van der Waals surface area contributed by atoms with E-state index in [0.29, 0.717) is 17.9 Å². The van der Waals surface area contributed by atoms with E-state index < -0.39 is 11.8 Å². The summed E-state index contributed by atoms with van der Waals surface area (Å²) < 4.78 is 0. The molecule has 20 heavy (non-hydrogen) atoms. The van der Waals surface area contributed by atoms with E-state index in [1.165, 1.54) is 13.1 Å². The molecule has 0 unspecified atom stereocenters. The van der Waals surface area contributed by atoms with Gasteiger partial charge in [-0.05, 0) is 31.2 Å². The summed E-state index contributed by atoms with van der Waals surface area (Å²) in [4.78, 5) is 24.9. The summed E-state index contributed by atoms with van der Waals surface area (Å²) in [6.45, 7) is 3.66. The summed E-state index contributed by atoms with van der Waals surface area (Å²) in [6.07, 6.45) is 1.30. The minimum absolute atomic E-state index is 0.140. The third-order valence-corrected chi connectivity index (χ3v) is 2.47. The van der Waals surface area contributed by atoms with Crippen LogP contribution >= 0.6 is 0 Å². The van der Waals surface area contributed by atoms with Crippen molar-refractivity contribution in [3.05, 3.63) is 36.0 Å². The zero-order valence-electron chi connectivity index (χ0n) is 11.4. The molecule has 0 heterocycles. The second-order valence-electron chi connectivity index (χ2n) is 3.98. The Morgan fingerprint density at radius 2 is 2.00 bits per heavy atom. The van der Waals surface area contributed by atoms with Crippen LogP contribution in [0.1, 0.15) is 13.8 Å². The standard InChI is InChI=1S/C14H16N4O2/c1-3-17-9-11(8-15)14(20)18(10(2)19)13-6-4-12(16)5-7-13/h4-7,9,17H,3,16H2,1-2H3/b11-9-. The van der Waals surface area contributed by atoms with E-state index in [9.17, 15) is 9.59 Å². The van der Waals surface area contributed by atoms with Crippen molar-refractivity contribution in [1.82, 2.24) is 5.32 Å². The number of amides is 2. The normalized spacial score (nSPS) is 10.6. The molecule has 0 aliphatic heterocycles. The van der Waals surface area contributed by atoms with Gasteiger partial charge in [0.05, 0.1) is 5.69 Å². The molecule has 1 aromatic carbocycles. The first-order valence-corrected chi connectivity index (χ1v) is 6.05. The SMILES string of the molecule is CCN/C=C(/C#N)C(=O)N(C(C)=O)c1ccc(N)cc1. The van der Waals surface area contributed by atoms with Crippen molar-refractivity contribution in [3.8, 4) is 6.07 Å². The predicted molar refractivity (Wildman–Crippen MR) is 76.4 cm³/mol. The molecule has 6 nitrogen and oxygen atoms in total. The highest BCUT2D eigenvalue weighted by Gasteiger charge is 2.23. The number of carbonyl (C=O) groups excluding carboxylic acids is 2. The number of carbonyl (C=O) groups is 2. The highest BCUT2D eigenvalue weighted by molar-refractivity contribution is 6.21. The molecule has 0 atom stereocenters. The molecule has 6 heteroatoms. The number of nitriles is 1. The van der Waals surface area contributed by atoms with Crippen molar-refractivity contribution in [2.45, 2.75) is 13.8 Å². The molecule has 1 aromatic rings. The molecule has 0 saturated carbocycles. The fourth-order valence-corrected chi connectivity index (χ4v) is 1.53. The molecular weight excluding hydrogens is 256 g/mol. The third-order valence-electron chi connectivity index (χ3n) is 2.47. The molecule has 104 valence electrons. The lowest BCUT2D eigenvalue weighted by atomic mass is 10.2. The molecule has 0 aliphatic carbocycles. The Balaban J connectivity index is 3.14. The zero-order valence-corrected chi connectivity index (χ0v) is 11.4. The fourth-order valence-electron chi connectivity index (χ4n) is 1.53. The lowest BCUT2D eigenvalue weighted by molar-refractivity contribution is -0.123. The van der Waals surface area contributed by atoms with Gasteiger partial charge in [0.25, 0.3) is 5.91 Å². The number of nitrogens with two attached hydrogens (primary N) is 1. The molecule has 0 radical (unpaired) electrons. The van der Waals surface area contributed by atoms with E-state index in [1.54, 1.807) is 30.3 Å². The van der Waals surface area contributed by atoms with E-state index in [0.717, 1.165) is 4.90 Å². The van der Waals surface area contributed by atoms with Crippen LogP contribution in [0.2, 0.25) is 0 Å². The van der Waals surface area contributed by atoms with Gasteiger partial charge in [0, 0.05) is 25.4 Å². The summed E-state index contributed by atoms with van der Waals surface area (Å²) in [6, 6.07) is 8.05.